The lowest BCUT2D eigenvalue weighted by Gasteiger charge is -2.43. The van der Waals surface area contributed by atoms with Crippen LogP contribution < -0.4 is 0 Å². The highest BCUT2D eigenvalue weighted by molar-refractivity contribution is 8.00. The molecular formula is C15H20O7S. The number of carbonyl (C=O) groups is 3. The Balaban J connectivity index is 3.11. The van der Waals surface area contributed by atoms with Crippen molar-refractivity contribution in [1.29, 1.82) is 0 Å². The van der Waals surface area contributed by atoms with E-state index in [-0.39, 0.29) is 0 Å². The summed E-state index contributed by atoms with van der Waals surface area (Å²) in [5.41, 5.74) is -0.638. The Morgan fingerprint density at radius 1 is 1.00 bits per heavy atom. The largest absolute Gasteiger partial charge is 0.456 e. The first-order chi connectivity index (χ1) is 10.8. The van der Waals surface area contributed by atoms with Gasteiger partial charge in [-0.1, -0.05) is 5.92 Å². The van der Waals surface area contributed by atoms with E-state index in [9.17, 15) is 14.4 Å². The van der Waals surface area contributed by atoms with Crippen molar-refractivity contribution >= 4 is 29.7 Å². The van der Waals surface area contributed by atoms with Crippen molar-refractivity contribution in [2.45, 2.75) is 57.5 Å². The van der Waals surface area contributed by atoms with Crippen molar-refractivity contribution < 1.29 is 33.3 Å². The maximum Gasteiger partial charge on any atom is 0.303 e. The molecule has 128 valence electrons. The van der Waals surface area contributed by atoms with Gasteiger partial charge in [-0.25, -0.2) is 0 Å². The third-order valence-corrected chi connectivity index (χ3v) is 4.01. The van der Waals surface area contributed by atoms with E-state index in [1.54, 1.807) is 6.92 Å². The zero-order chi connectivity index (χ0) is 17.6. The summed E-state index contributed by atoms with van der Waals surface area (Å²) < 4.78 is 21.5. The van der Waals surface area contributed by atoms with Crippen molar-refractivity contribution in [2.75, 3.05) is 5.75 Å². The quantitative estimate of drug-likeness (QED) is 0.413. The number of ether oxygens (including phenoxy) is 4. The van der Waals surface area contributed by atoms with Crippen LogP contribution in [-0.2, 0) is 33.3 Å². The normalized spacial score (nSPS) is 30.0. The molecule has 1 saturated heterocycles. The van der Waals surface area contributed by atoms with Gasteiger partial charge in [-0.2, -0.15) is 0 Å². The number of terminal acetylenes is 1. The molecule has 0 N–H and O–H groups in total. The molecule has 0 saturated carbocycles. The van der Waals surface area contributed by atoms with Gasteiger partial charge in [0.2, 0.25) is 0 Å². The first kappa shape index (κ1) is 19.3. The SMILES string of the molecule is C#CCS[C@@H]1O[C@@H](C)[C@H](OC(C)=O)[C@@H](OC(C)=O)[C@H]1OC(C)=O. The van der Waals surface area contributed by atoms with E-state index < -0.39 is 47.8 Å². The number of thioether (sulfide) groups is 1. The molecule has 0 radical (unpaired) electrons. The summed E-state index contributed by atoms with van der Waals surface area (Å²) in [7, 11) is 0. The molecule has 0 aromatic rings. The van der Waals surface area contributed by atoms with E-state index in [0.717, 1.165) is 0 Å². The first-order valence-corrected chi connectivity index (χ1v) is 8.03. The number of hydrogen-bond donors (Lipinski definition) is 0. The predicted molar refractivity (Wildman–Crippen MR) is 82.3 cm³/mol. The van der Waals surface area contributed by atoms with Gasteiger partial charge in [0.25, 0.3) is 0 Å². The minimum absolute atomic E-state index is 0.320. The zero-order valence-electron chi connectivity index (χ0n) is 13.4. The molecule has 5 atom stereocenters. The summed E-state index contributed by atoms with van der Waals surface area (Å²) >= 11 is 1.24. The first-order valence-electron chi connectivity index (χ1n) is 6.98. The Labute approximate surface area is 139 Å². The highest BCUT2D eigenvalue weighted by atomic mass is 32.2. The van der Waals surface area contributed by atoms with Crippen molar-refractivity contribution in [3.63, 3.8) is 0 Å². The van der Waals surface area contributed by atoms with E-state index >= 15 is 0 Å². The smallest absolute Gasteiger partial charge is 0.303 e. The Bertz CT molecular complexity index is 499. The summed E-state index contributed by atoms with van der Waals surface area (Å²) in [4.78, 5) is 34.1. The topological polar surface area (TPSA) is 88.1 Å². The standard InChI is InChI=1S/C15H20O7S/c1-6-7-23-15-14(22-11(5)18)13(21-10(4)17)12(8(2)19-15)20-9(3)16/h1,8,12-15H,7H2,2-5H3/t8-,12-,13+,14+,15-/m0/s1. The summed E-state index contributed by atoms with van der Waals surface area (Å²) in [6, 6.07) is 0. The van der Waals surface area contributed by atoms with Gasteiger partial charge in [-0.05, 0) is 6.92 Å². The van der Waals surface area contributed by atoms with Gasteiger partial charge < -0.3 is 18.9 Å². The van der Waals surface area contributed by atoms with E-state index in [0.29, 0.717) is 5.75 Å². The van der Waals surface area contributed by atoms with Gasteiger partial charge in [0.05, 0.1) is 11.9 Å². The number of esters is 3. The van der Waals surface area contributed by atoms with E-state index in [4.69, 9.17) is 25.4 Å². The van der Waals surface area contributed by atoms with E-state index in [1.807, 2.05) is 0 Å². The van der Waals surface area contributed by atoms with Crippen molar-refractivity contribution in [2.24, 2.45) is 0 Å². The molecule has 1 heterocycles. The molecule has 0 aliphatic carbocycles. The molecule has 0 aromatic carbocycles. The van der Waals surface area contributed by atoms with E-state index in [1.165, 1.54) is 32.5 Å². The zero-order valence-corrected chi connectivity index (χ0v) is 14.3. The van der Waals surface area contributed by atoms with Crippen LogP contribution in [-0.4, -0.2) is 53.5 Å². The van der Waals surface area contributed by atoms with Crippen LogP contribution in [0.4, 0.5) is 0 Å². The maximum absolute atomic E-state index is 11.4. The molecule has 0 spiro atoms. The van der Waals surface area contributed by atoms with Crippen molar-refractivity contribution in [3.8, 4) is 12.3 Å². The molecule has 1 fully saturated rings. The maximum atomic E-state index is 11.4. The lowest BCUT2D eigenvalue weighted by atomic mass is 10.00. The van der Waals surface area contributed by atoms with Gasteiger partial charge in [0, 0.05) is 20.8 Å². The second kappa shape index (κ2) is 8.79. The molecule has 1 rings (SSSR count). The molecule has 7 nitrogen and oxygen atoms in total. The van der Waals surface area contributed by atoms with Crippen molar-refractivity contribution in [1.82, 2.24) is 0 Å². The lowest BCUT2D eigenvalue weighted by Crippen LogP contribution is -2.59. The van der Waals surface area contributed by atoms with Crippen LogP contribution in [0.15, 0.2) is 0 Å². The van der Waals surface area contributed by atoms with Crippen LogP contribution in [0.3, 0.4) is 0 Å². The average molecular weight is 344 g/mol. The van der Waals surface area contributed by atoms with Gasteiger partial charge in [-0.3, -0.25) is 14.4 Å². The van der Waals surface area contributed by atoms with Crippen LogP contribution in [0.1, 0.15) is 27.7 Å². The van der Waals surface area contributed by atoms with Crippen LogP contribution in [0.5, 0.6) is 0 Å². The molecule has 1 aliphatic heterocycles. The molecule has 0 bridgehead atoms. The number of hydrogen-bond acceptors (Lipinski definition) is 8. The fraction of sp³-hybridized carbons (Fsp3) is 0.667. The van der Waals surface area contributed by atoms with Gasteiger partial charge in [0.1, 0.15) is 5.44 Å². The summed E-state index contributed by atoms with van der Waals surface area (Å²) in [6.45, 7) is 5.36. The lowest BCUT2D eigenvalue weighted by molar-refractivity contribution is -0.228. The molecule has 8 heteroatoms. The highest BCUT2D eigenvalue weighted by Crippen LogP contribution is 2.33. The third-order valence-electron chi connectivity index (χ3n) is 2.96. The summed E-state index contributed by atoms with van der Waals surface area (Å²) in [6.07, 6.45) is 1.89. The monoisotopic (exact) mass is 344 g/mol. The second-order valence-electron chi connectivity index (χ2n) is 4.95. The Morgan fingerprint density at radius 2 is 1.48 bits per heavy atom. The van der Waals surface area contributed by atoms with Gasteiger partial charge in [-0.15, -0.1) is 18.2 Å². The van der Waals surface area contributed by atoms with E-state index in [2.05, 4.69) is 5.92 Å². The number of rotatable bonds is 5. The Morgan fingerprint density at radius 3 is 1.96 bits per heavy atom. The molecular weight excluding hydrogens is 324 g/mol. The molecule has 1 aliphatic rings. The van der Waals surface area contributed by atoms with Crippen LogP contribution in [0.2, 0.25) is 0 Å². The van der Waals surface area contributed by atoms with Gasteiger partial charge in [0.15, 0.2) is 18.3 Å². The molecule has 0 unspecified atom stereocenters. The Hall–Kier alpha value is -1.72. The van der Waals surface area contributed by atoms with Crippen LogP contribution in [0.25, 0.3) is 0 Å². The third kappa shape index (κ3) is 5.77. The predicted octanol–water partition coefficient (Wildman–Crippen LogP) is 0.893. The number of carbonyl (C=O) groups excluding carboxylic acids is 3. The molecule has 0 aromatic heterocycles. The minimum Gasteiger partial charge on any atom is -0.456 e. The van der Waals surface area contributed by atoms with Crippen LogP contribution >= 0.6 is 11.8 Å². The fourth-order valence-corrected chi connectivity index (χ4v) is 3.15. The average Bonchev–Trinajstić information content (AvgIpc) is 2.42. The van der Waals surface area contributed by atoms with Gasteiger partial charge >= 0.3 is 17.9 Å². The van der Waals surface area contributed by atoms with Crippen LogP contribution in [0, 0.1) is 12.3 Å². The molecule has 23 heavy (non-hydrogen) atoms. The summed E-state index contributed by atoms with van der Waals surface area (Å²) in [5.74, 6) is 1.06. The molecule has 0 amide bonds. The Kier molecular flexibility index (Phi) is 7.39. The second-order valence-corrected chi connectivity index (χ2v) is 6.03. The summed E-state index contributed by atoms with van der Waals surface area (Å²) in [5, 5.41) is 0. The highest BCUT2D eigenvalue weighted by Gasteiger charge is 2.50. The van der Waals surface area contributed by atoms with Crippen molar-refractivity contribution in [3.05, 3.63) is 0 Å². The minimum atomic E-state index is -0.973. The fourth-order valence-electron chi connectivity index (χ4n) is 2.23.